The van der Waals surface area contributed by atoms with E-state index in [1.165, 1.54) is 34.4 Å². The fraction of sp³-hybridized carbons (Fsp3) is 0.632. The van der Waals surface area contributed by atoms with Crippen LogP contribution in [-0.4, -0.2) is 228 Å². The predicted molar refractivity (Wildman–Crippen MR) is 262 cm³/mol. The van der Waals surface area contributed by atoms with E-state index in [1.54, 1.807) is 0 Å². The van der Waals surface area contributed by atoms with E-state index in [0.717, 1.165) is 0 Å². The number of fused-ring (bicyclic) bond motifs is 2. The van der Waals surface area contributed by atoms with Crippen molar-refractivity contribution in [2.45, 2.75) is 86.8 Å². The Kier molecular flexibility index (Phi) is 22.8. The van der Waals surface area contributed by atoms with Crippen LogP contribution < -0.4 is 33.6 Å². The number of aliphatic hydroxyl groups is 4. The van der Waals surface area contributed by atoms with Crippen LogP contribution in [0.15, 0.2) is 25.3 Å². The number of anilines is 2. The first-order valence-corrected chi connectivity index (χ1v) is 29.1. The molecule has 2 aliphatic heterocycles. The molecule has 36 heteroatoms. The minimum Gasteiger partial charge on any atom is -0.748 e. The molecule has 2 saturated heterocycles. The van der Waals surface area contributed by atoms with Crippen molar-refractivity contribution in [2.75, 3.05) is 71.6 Å². The summed E-state index contributed by atoms with van der Waals surface area (Å²) in [5.74, 6) is -2.46. The van der Waals surface area contributed by atoms with Gasteiger partial charge in [0.15, 0.2) is 35.4 Å². The zero-order chi connectivity index (χ0) is 55.2. The zero-order valence-electron chi connectivity index (χ0n) is 39.7. The van der Waals surface area contributed by atoms with Crippen LogP contribution in [0.1, 0.15) is 38.1 Å². The quantitative estimate of drug-likeness (QED) is 0.0187. The molecule has 6 unspecified atom stereocenters. The van der Waals surface area contributed by atoms with Gasteiger partial charge < -0.3 is 82.8 Å². The monoisotopic (exact) mass is 1130 g/mol. The lowest BCUT2D eigenvalue weighted by molar-refractivity contribution is -0.142. The number of rotatable bonds is 23. The molecule has 12 atom stereocenters. The molecule has 2 amide bonds. The lowest BCUT2D eigenvalue weighted by Gasteiger charge is -2.16. The summed E-state index contributed by atoms with van der Waals surface area (Å²) < 4.78 is 74.7. The van der Waals surface area contributed by atoms with Gasteiger partial charge in [0.2, 0.25) is 11.8 Å². The van der Waals surface area contributed by atoms with Crippen LogP contribution in [0.3, 0.4) is 0 Å². The first-order valence-electron chi connectivity index (χ1n) is 22.0. The van der Waals surface area contributed by atoms with Gasteiger partial charge >= 0.3 is 11.9 Å². The van der Waals surface area contributed by atoms with Crippen LogP contribution >= 0.6 is 0 Å². The summed E-state index contributed by atoms with van der Waals surface area (Å²) in [5, 5.41) is 65.3. The second-order valence-electron chi connectivity index (χ2n) is 16.7. The molecular formula is C38H60N14O18S4. The molecule has 2 fully saturated rings. The van der Waals surface area contributed by atoms with Gasteiger partial charge in [-0.05, 0) is 34.6 Å². The number of nitrogen functional groups attached to an aromatic ring is 2. The molecule has 414 valence electrons. The highest BCUT2D eigenvalue weighted by atomic mass is 32.2. The van der Waals surface area contributed by atoms with Crippen molar-refractivity contribution in [2.24, 2.45) is 11.5 Å². The fourth-order valence-corrected chi connectivity index (χ4v) is 11.6. The number of hydrogen-bond donors (Lipinski definition) is 12. The second kappa shape index (κ2) is 27.5. The highest BCUT2D eigenvalue weighted by Crippen LogP contribution is 2.34. The topological polar surface area (TPSA) is 538 Å². The molecule has 6 heterocycles. The van der Waals surface area contributed by atoms with E-state index in [4.69, 9.17) is 32.4 Å². The number of aromatic nitrogens is 8. The number of ether oxygens (including phenoxy) is 2. The molecule has 4 aromatic heterocycles. The first-order chi connectivity index (χ1) is 34.7. The molecular weight excluding hydrogens is 1070 g/mol. The molecule has 2 aliphatic rings. The van der Waals surface area contributed by atoms with Crippen molar-refractivity contribution in [1.29, 1.82) is 0 Å². The fourth-order valence-electron chi connectivity index (χ4n) is 7.25. The molecule has 4 aromatic rings. The molecule has 74 heavy (non-hydrogen) atoms. The van der Waals surface area contributed by atoms with Gasteiger partial charge in [0.25, 0.3) is 0 Å². The number of carbonyl (C=O) groups excluding carboxylic acids is 2. The van der Waals surface area contributed by atoms with E-state index in [-0.39, 0.29) is 72.2 Å². The van der Waals surface area contributed by atoms with Crippen molar-refractivity contribution in [1.82, 2.24) is 49.7 Å². The second-order valence-corrected chi connectivity index (χ2v) is 24.4. The third-order valence-electron chi connectivity index (χ3n) is 11.1. The van der Waals surface area contributed by atoms with Crippen molar-refractivity contribution < 1.29 is 85.2 Å². The van der Waals surface area contributed by atoms with Gasteiger partial charge in [-0.2, -0.15) is 0 Å². The van der Waals surface area contributed by atoms with Crippen molar-refractivity contribution >= 4 is 99.7 Å². The number of nitrogens with one attached hydrogen (secondary N) is 2. The van der Waals surface area contributed by atoms with E-state index in [9.17, 15) is 75.8 Å². The van der Waals surface area contributed by atoms with Crippen LogP contribution in [0, 0.1) is 0 Å². The molecule has 0 spiro atoms. The van der Waals surface area contributed by atoms with Gasteiger partial charge in [0, 0.05) is 24.3 Å². The summed E-state index contributed by atoms with van der Waals surface area (Å²) in [6.45, 7) is -0.578. The van der Waals surface area contributed by atoms with E-state index in [2.05, 4.69) is 40.5 Å². The first kappa shape index (κ1) is 61.3. The maximum Gasteiger partial charge on any atom is 0.326 e. The number of carboxylic acid groups (broad SMARTS) is 2. The predicted octanol–water partition coefficient (Wildman–Crippen LogP) is -6.76. The number of hydrogen-bond acceptors (Lipinski definition) is 26. The molecule has 0 saturated carbocycles. The highest BCUT2D eigenvalue weighted by Gasteiger charge is 2.48. The summed E-state index contributed by atoms with van der Waals surface area (Å²) in [5.41, 5.74) is 23.5. The number of amides is 2. The Hall–Kier alpha value is -5.22. The largest absolute Gasteiger partial charge is 0.748 e. The average Bonchev–Trinajstić information content (AvgIpc) is 4.10. The summed E-state index contributed by atoms with van der Waals surface area (Å²) in [6, 6.07) is -2.08. The van der Waals surface area contributed by atoms with E-state index in [1.807, 2.05) is 12.5 Å². The SMILES string of the molecule is C[S+](CC[C@H](NC(=O)CN)C(=O)O)CC1OC(n2cnc3c(N)ncnc32)[C@H](O)[C@@H]1O.C[S+](CC[C@H](NC(=O)CN)C(=O)O)CC1OC(n2cnc3c(N)ncnc32)[C@H](O)[C@@H]1O.O=S(=O)([O-])CCCCS(=O)(=O)[O-]. The molecule has 32 nitrogen and oxygen atoms in total. The Balaban J connectivity index is 0.000000264. The average molecular weight is 1130 g/mol. The standard InChI is InChI=1S/2C17H25N7O6S.C4H10O6S2/c2*1-31(3-2-8(17(28)29)23-10(25)4-18)5-9-12(26)13(27)16(30-9)24-7-22-11-14(19)20-6-21-15(11)24;5-11(6,7)3-1-2-4-12(8,9)10/h2*6-9,12-13,16,26-27H,2-5,18H2,1H3,(H3-,19,20,21,23,25,28,29);1-4H2,(H,5,6,7)(H,8,9,10)/t2*8-,9?,12+,13+,16?,31?;/m00./s1. The Morgan fingerprint density at radius 2 is 1.00 bits per heavy atom. The maximum atomic E-state index is 11.4. The summed E-state index contributed by atoms with van der Waals surface area (Å²) in [7, 11) is -9.29. The molecule has 0 bridgehead atoms. The molecule has 0 aromatic carbocycles. The maximum absolute atomic E-state index is 11.4. The number of nitrogens with two attached hydrogens (primary N) is 4. The Labute approximate surface area is 428 Å². The van der Waals surface area contributed by atoms with Crippen molar-refractivity contribution in [3.8, 4) is 0 Å². The van der Waals surface area contributed by atoms with Gasteiger partial charge in [0.1, 0.15) is 95.4 Å². The minimum absolute atomic E-state index is 0.0900. The summed E-state index contributed by atoms with van der Waals surface area (Å²) >= 11 is 0. The lowest BCUT2D eigenvalue weighted by atomic mass is 10.1. The van der Waals surface area contributed by atoms with Gasteiger partial charge in [0.05, 0.1) is 58.5 Å². The molecule has 6 rings (SSSR count). The Morgan fingerprint density at radius 3 is 1.31 bits per heavy atom. The van der Waals surface area contributed by atoms with Crippen LogP contribution in [-0.2, 0) is 70.7 Å². The number of unbranched alkanes of at least 4 members (excludes halogenated alkanes) is 1. The molecule has 0 aliphatic carbocycles. The van der Waals surface area contributed by atoms with Gasteiger partial charge in [-0.1, -0.05) is 0 Å². The third-order valence-corrected chi connectivity index (χ3v) is 16.3. The molecule has 0 radical (unpaired) electrons. The number of aliphatic carboxylic acids is 2. The summed E-state index contributed by atoms with van der Waals surface area (Å²) in [4.78, 5) is 69.7. The number of imidazole rings is 2. The summed E-state index contributed by atoms with van der Waals surface area (Å²) in [6.07, 6.45) is 1.52. The van der Waals surface area contributed by atoms with Crippen LogP contribution in [0.2, 0.25) is 0 Å². The minimum atomic E-state index is -4.29. The lowest BCUT2D eigenvalue weighted by Crippen LogP contribution is -2.44. The smallest absolute Gasteiger partial charge is 0.326 e. The van der Waals surface area contributed by atoms with Crippen molar-refractivity contribution in [3.63, 3.8) is 0 Å². The third kappa shape index (κ3) is 17.7. The van der Waals surface area contributed by atoms with Gasteiger partial charge in [-0.15, -0.1) is 0 Å². The Morgan fingerprint density at radius 1 is 0.649 bits per heavy atom. The van der Waals surface area contributed by atoms with Crippen LogP contribution in [0.5, 0.6) is 0 Å². The zero-order valence-corrected chi connectivity index (χ0v) is 42.9. The van der Waals surface area contributed by atoms with E-state index >= 15 is 0 Å². The molecule has 16 N–H and O–H groups in total. The van der Waals surface area contributed by atoms with Crippen LogP contribution in [0.25, 0.3) is 22.3 Å². The van der Waals surface area contributed by atoms with E-state index < -0.39 is 117 Å². The normalized spacial score (nSPS) is 23.4. The number of carboxylic acids is 2. The van der Waals surface area contributed by atoms with Crippen molar-refractivity contribution in [3.05, 3.63) is 25.3 Å². The number of nitrogens with zero attached hydrogens (tertiary/aromatic N) is 8. The van der Waals surface area contributed by atoms with Crippen LogP contribution in [0.4, 0.5) is 11.6 Å². The number of carbonyl (C=O) groups is 4. The Bertz CT molecular complexity index is 2580. The van der Waals surface area contributed by atoms with Gasteiger partial charge in [-0.3, -0.25) is 18.7 Å². The number of aliphatic hydroxyl groups excluding tert-OH is 4. The highest BCUT2D eigenvalue weighted by molar-refractivity contribution is 7.96. The van der Waals surface area contributed by atoms with E-state index in [0.29, 0.717) is 45.3 Å². The van der Waals surface area contributed by atoms with Gasteiger partial charge in [-0.25, -0.2) is 56.3 Å².